The number of benzene rings is 1. The number of pyridine rings is 1. The van der Waals surface area contributed by atoms with Gasteiger partial charge in [-0.05, 0) is 12.1 Å². The van der Waals surface area contributed by atoms with Crippen LogP contribution < -0.4 is 0 Å². The lowest BCUT2D eigenvalue weighted by Crippen LogP contribution is -2.03. The van der Waals surface area contributed by atoms with E-state index >= 15 is 0 Å². The molecule has 3 aromatic rings. The molecule has 0 unspecified atom stereocenters. The van der Waals surface area contributed by atoms with Gasteiger partial charge >= 0.3 is 5.97 Å². The van der Waals surface area contributed by atoms with Crippen LogP contribution in [0.4, 0.5) is 0 Å². The van der Waals surface area contributed by atoms with Gasteiger partial charge in [-0.1, -0.05) is 18.2 Å². The van der Waals surface area contributed by atoms with Gasteiger partial charge in [-0.25, -0.2) is 9.48 Å². The van der Waals surface area contributed by atoms with Crippen LogP contribution in [0.5, 0.6) is 0 Å². The molecule has 0 saturated carbocycles. The first-order valence-electron chi connectivity index (χ1n) is 5.38. The van der Waals surface area contributed by atoms with Gasteiger partial charge < -0.3 is 5.11 Å². The van der Waals surface area contributed by atoms with Crippen molar-refractivity contribution in [1.29, 1.82) is 0 Å². The molecule has 5 nitrogen and oxygen atoms in total. The maximum absolute atomic E-state index is 11.2. The highest BCUT2D eigenvalue weighted by atomic mass is 16.4. The monoisotopic (exact) mass is 239 g/mol. The molecule has 0 bridgehead atoms. The van der Waals surface area contributed by atoms with Crippen LogP contribution >= 0.6 is 0 Å². The quantitative estimate of drug-likeness (QED) is 0.743. The molecule has 0 aliphatic rings. The average molecular weight is 239 g/mol. The number of carbonyl (C=O) groups is 1. The van der Waals surface area contributed by atoms with Crippen molar-refractivity contribution in [3.63, 3.8) is 0 Å². The molecule has 18 heavy (non-hydrogen) atoms. The van der Waals surface area contributed by atoms with Gasteiger partial charge in [-0.15, -0.1) is 0 Å². The van der Waals surface area contributed by atoms with Crippen molar-refractivity contribution in [3.8, 4) is 5.69 Å². The molecule has 0 radical (unpaired) electrons. The molecule has 0 spiro atoms. The van der Waals surface area contributed by atoms with Crippen molar-refractivity contribution in [2.24, 2.45) is 0 Å². The Labute approximate surface area is 102 Å². The van der Waals surface area contributed by atoms with Gasteiger partial charge in [0.25, 0.3) is 0 Å². The maximum Gasteiger partial charge on any atom is 0.339 e. The fraction of sp³-hybridized carbons (Fsp3) is 0. The second-order valence-electron chi connectivity index (χ2n) is 3.82. The number of carboxylic acid groups (broad SMARTS) is 1. The number of aromatic nitrogens is 3. The van der Waals surface area contributed by atoms with E-state index in [0.29, 0.717) is 10.9 Å². The predicted octanol–water partition coefficient (Wildman–Crippen LogP) is 2.12. The van der Waals surface area contributed by atoms with Crippen LogP contribution in [0.25, 0.3) is 16.6 Å². The Kier molecular flexibility index (Phi) is 2.30. The predicted molar refractivity (Wildman–Crippen MR) is 65.8 cm³/mol. The summed E-state index contributed by atoms with van der Waals surface area (Å²) < 4.78 is 1.61. The second-order valence-corrected chi connectivity index (χ2v) is 3.82. The number of fused-ring (bicyclic) bond motifs is 1. The highest BCUT2D eigenvalue weighted by molar-refractivity contribution is 6.01. The lowest BCUT2D eigenvalue weighted by molar-refractivity contribution is 0.0698. The fourth-order valence-electron chi connectivity index (χ4n) is 1.90. The largest absolute Gasteiger partial charge is 0.478 e. The van der Waals surface area contributed by atoms with E-state index in [4.69, 9.17) is 0 Å². The molecule has 0 aliphatic heterocycles. The van der Waals surface area contributed by atoms with E-state index in [1.807, 2.05) is 30.3 Å². The van der Waals surface area contributed by atoms with Crippen molar-refractivity contribution in [1.82, 2.24) is 14.8 Å². The third-order valence-electron chi connectivity index (χ3n) is 2.70. The number of carboxylic acids is 1. The highest BCUT2D eigenvalue weighted by Gasteiger charge is 2.14. The van der Waals surface area contributed by atoms with Crippen molar-refractivity contribution >= 4 is 16.9 Å². The van der Waals surface area contributed by atoms with E-state index in [0.717, 1.165) is 5.69 Å². The Morgan fingerprint density at radius 1 is 1.11 bits per heavy atom. The molecule has 0 atom stereocenters. The minimum absolute atomic E-state index is 0.147. The van der Waals surface area contributed by atoms with Gasteiger partial charge in [-0.3, -0.25) is 4.98 Å². The minimum Gasteiger partial charge on any atom is -0.478 e. The lowest BCUT2D eigenvalue weighted by Gasteiger charge is -2.04. The molecule has 3 rings (SSSR count). The maximum atomic E-state index is 11.2. The number of hydrogen-bond donors (Lipinski definition) is 1. The molecule has 0 saturated heterocycles. The standard InChI is InChI=1S/C13H9N3O2/c17-13(18)11-8-14-6-9-7-15-16(12(9)11)10-4-2-1-3-5-10/h1-8H,(H,17,18). The van der Waals surface area contributed by atoms with Gasteiger partial charge in [0, 0.05) is 17.8 Å². The number of hydrogen-bond acceptors (Lipinski definition) is 3. The smallest absolute Gasteiger partial charge is 0.339 e. The van der Waals surface area contributed by atoms with Crippen LogP contribution in [0.2, 0.25) is 0 Å². The zero-order valence-electron chi connectivity index (χ0n) is 9.32. The number of para-hydroxylation sites is 1. The van der Waals surface area contributed by atoms with Crippen molar-refractivity contribution in [3.05, 3.63) is 54.5 Å². The van der Waals surface area contributed by atoms with Gasteiger partial charge in [-0.2, -0.15) is 5.10 Å². The second kappa shape index (κ2) is 3.96. The number of rotatable bonds is 2. The van der Waals surface area contributed by atoms with Gasteiger partial charge in [0.1, 0.15) is 5.56 Å². The van der Waals surface area contributed by atoms with Gasteiger partial charge in [0.05, 0.1) is 17.4 Å². The third kappa shape index (κ3) is 1.53. The number of nitrogens with zero attached hydrogens (tertiary/aromatic N) is 3. The van der Waals surface area contributed by atoms with Crippen LogP contribution in [0, 0.1) is 0 Å². The Morgan fingerprint density at radius 3 is 2.61 bits per heavy atom. The number of aromatic carboxylic acids is 1. The molecule has 88 valence electrons. The molecule has 2 heterocycles. The molecule has 0 aliphatic carbocycles. The summed E-state index contributed by atoms with van der Waals surface area (Å²) in [5, 5.41) is 14.1. The molecule has 0 amide bonds. The summed E-state index contributed by atoms with van der Waals surface area (Å²) in [6, 6.07) is 9.40. The van der Waals surface area contributed by atoms with E-state index in [1.165, 1.54) is 6.20 Å². The van der Waals surface area contributed by atoms with E-state index in [9.17, 15) is 9.90 Å². The van der Waals surface area contributed by atoms with Crippen LogP contribution in [0.15, 0.2) is 48.9 Å². The van der Waals surface area contributed by atoms with E-state index < -0.39 is 5.97 Å². The molecular formula is C13H9N3O2. The Bertz CT molecular complexity index is 719. The van der Waals surface area contributed by atoms with E-state index in [-0.39, 0.29) is 5.56 Å². The molecule has 1 N–H and O–H groups in total. The average Bonchev–Trinajstić information content (AvgIpc) is 2.83. The van der Waals surface area contributed by atoms with Crippen LogP contribution in [-0.2, 0) is 0 Å². The first-order chi connectivity index (χ1) is 8.77. The van der Waals surface area contributed by atoms with E-state index in [2.05, 4.69) is 10.1 Å². The molecular weight excluding hydrogens is 230 g/mol. The van der Waals surface area contributed by atoms with E-state index in [1.54, 1.807) is 17.1 Å². The van der Waals surface area contributed by atoms with Crippen LogP contribution in [0.1, 0.15) is 10.4 Å². The van der Waals surface area contributed by atoms with Crippen LogP contribution in [-0.4, -0.2) is 25.8 Å². The normalized spacial score (nSPS) is 10.7. The molecule has 2 aromatic heterocycles. The van der Waals surface area contributed by atoms with Crippen molar-refractivity contribution in [2.75, 3.05) is 0 Å². The van der Waals surface area contributed by atoms with Gasteiger partial charge in [0.15, 0.2) is 0 Å². The zero-order valence-corrected chi connectivity index (χ0v) is 9.32. The Morgan fingerprint density at radius 2 is 1.89 bits per heavy atom. The summed E-state index contributed by atoms with van der Waals surface area (Å²) in [6.07, 6.45) is 4.56. The minimum atomic E-state index is -1.01. The van der Waals surface area contributed by atoms with Crippen molar-refractivity contribution in [2.45, 2.75) is 0 Å². The third-order valence-corrected chi connectivity index (χ3v) is 2.70. The Balaban J connectivity index is 2.35. The SMILES string of the molecule is O=C(O)c1cncc2cnn(-c3ccccc3)c12. The zero-order chi connectivity index (χ0) is 12.5. The lowest BCUT2D eigenvalue weighted by atomic mass is 10.2. The molecule has 0 fully saturated rings. The summed E-state index contributed by atoms with van der Waals surface area (Å²) in [5.41, 5.74) is 1.53. The van der Waals surface area contributed by atoms with Gasteiger partial charge in [0.2, 0.25) is 0 Å². The summed E-state index contributed by atoms with van der Waals surface area (Å²) in [4.78, 5) is 15.1. The summed E-state index contributed by atoms with van der Waals surface area (Å²) in [5.74, 6) is -1.01. The molecule has 1 aromatic carbocycles. The van der Waals surface area contributed by atoms with Crippen LogP contribution in [0.3, 0.4) is 0 Å². The topological polar surface area (TPSA) is 68.0 Å². The van der Waals surface area contributed by atoms with Crippen molar-refractivity contribution < 1.29 is 9.90 Å². The molecule has 5 heteroatoms. The fourth-order valence-corrected chi connectivity index (χ4v) is 1.90. The first-order valence-corrected chi connectivity index (χ1v) is 5.38. The summed E-state index contributed by atoms with van der Waals surface area (Å²) >= 11 is 0. The summed E-state index contributed by atoms with van der Waals surface area (Å²) in [6.45, 7) is 0. The first kappa shape index (κ1) is 10.5. The Hall–Kier alpha value is -2.69. The highest BCUT2D eigenvalue weighted by Crippen LogP contribution is 2.20. The summed E-state index contributed by atoms with van der Waals surface area (Å²) in [7, 11) is 0.